The molecule has 0 radical (unpaired) electrons. The van der Waals surface area contributed by atoms with Crippen LogP contribution in [0.5, 0.6) is 0 Å². The molecular formula is C23H26N4O2. The Kier molecular flexibility index (Phi) is 6.00. The smallest absolute Gasteiger partial charge is 0.247 e. The summed E-state index contributed by atoms with van der Waals surface area (Å²) >= 11 is 0. The van der Waals surface area contributed by atoms with E-state index in [4.69, 9.17) is 4.42 Å². The first-order valence-corrected chi connectivity index (χ1v) is 10.1. The molecule has 0 saturated carbocycles. The van der Waals surface area contributed by atoms with Crippen LogP contribution in [0, 0.1) is 0 Å². The summed E-state index contributed by atoms with van der Waals surface area (Å²) in [6.07, 6.45) is 1.90. The van der Waals surface area contributed by atoms with Crippen molar-refractivity contribution in [2.45, 2.75) is 38.3 Å². The van der Waals surface area contributed by atoms with E-state index in [1.807, 2.05) is 43.3 Å². The van der Waals surface area contributed by atoms with Crippen LogP contribution < -0.4 is 5.32 Å². The number of hydrogen-bond donors (Lipinski definition) is 1. The van der Waals surface area contributed by atoms with Crippen LogP contribution in [-0.2, 0) is 11.3 Å². The number of likely N-dealkylation sites (tertiary alicyclic amines) is 1. The van der Waals surface area contributed by atoms with Gasteiger partial charge in [-0.3, -0.25) is 9.69 Å². The van der Waals surface area contributed by atoms with Crippen molar-refractivity contribution in [3.8, 4) is 11.5 Å². The van der Waals surface area contributed by atoms with Crippen molar-refractivity contribution in [1.29, 1.82) is 0 Å². The molecule has 1 fully saturated rings. The molecule has 3 aromatic rings. The summed E-state index contributed by atoms with van der Waals surface area (Å²) in [6, 6.07) is 20.3. The van der Waals surface area contributed by atoms with Gasteiger partial charge in [-0.1, -0.05) is 48.5 Å². The summed E-state index contributed by atoms with van der Waals surface area (Å²) < 4.78 is 5.73. The van der Waals surface area contributed by atoms with E-state index in [9.17, 15) is 4.79 Å². The van der Waals surface area contributed by atoms with Gasteiger partial charge in [0, 0.05) is 31.2 Å². The van der Waals surface area contributed by atoms with E-state index in [1.165, 1.54) is 5.56 Å². The van der Waals surface area contributed by atoms with Gasteiger partial charge >= 0.3 is 0 Å². The lowest BCUT2D eigenvalue weighted by atomic mass is 10.0. The van der Waals surface area contributed by atoms with Crippen LogP contribution in [0.2, 0.25) is 0 Å². The van der Waals surface area contributed by atoms with Gasteiger partial charge < -0.3 is 9.73 Å². The number of carbonyl (C=O) groups excluding carboxylic acids is 1. The highest BCUT2D eigenvalue weighted by atomic mass is 16.4. The first-order valence-electron chi connectivity index (χ1n) is 10.1. The first-order chi connectivity index (χ1) is 14.2. The van der Waals surface area contributed by atoms with Crippen molar-refractivity contribution in [3.63, 3.8) is 0 Å². The fourth-order valence-corrected chi connectivity index (χ4v) is 3.62. The lowest BCUT2D eigenvalue weighted by Gasteiger charge is -2.32. The van der Waals surface area contributed by atoms with Crippen molar-refractivity contribution < 1.29 is 9.21 Å². The molecule has 6 nitrogen and oxygen atoms in total. The molecule has 1 unspecified atom stereocenters. The lowest BCUT2D eigenvalue weighted by molar-refractivity contribution is -0.123. The van der Waals surface area contributed by atoms with Crippen molar-refractivity contribution in [3.05, 3.63) is 72.1 Å². The average Bonchev–Trinajstić information content (AvgIpc) is 3.26. The zero-order chi connectivity index (χ0) is 20.1. The maximum absolute atomic E-state index is 12.7. The Morgan fingerprint density at radius 3 is 2.41 bits per heavy atom. The number of nitrogens with zero attached hydrogens (tertiary/aromatic N) is 3. The standard InChI is InChI=1S/C23H26N4O2/c1-17(22-25-26-23(29-22)19-10-6-3-7-11-19)21(28)24-20-12-14-27(15-13-20)16-18-8-4-2-5-9-18/h2-11,17,20H,12-16H2,1H3,(H,24,28). The summed E-state index contributed by atoms with van der Waals surface area (Å²) in [6.45, 7) is 4.73. The molecule has 1 N–H and O–H groups in total. The highest BCUT2D eigenvalue weighted by Gasteiger charge is 2.26. The Bertz CT molecular complexity index is 918. The van der Waals surface area contributed by atoms with Gasteiger partial charge in [0.2, 0.25) is 17.7 Å². The lowest BCUT2D eigenvalue weighted by Crippen LogP contribution is -2.45. The fourth-order valence-electron chi connectivity index (χ4n) is 3.62. The van der Waals surface area contributed by atoms with Gasteiger partial charge in [0.15, 0.2) is 0 Å². The van der Waals surface area contributed by atoms with Crippen LogP contribution in [0.25, 0.3) is 11.5 Å². The average molecular weight is 390 g/mol. The predicted molar refractivity (Wildman–Crippen MR) is 111 cm³/mol. The van der Waals surface area contributed by atoms with Crippen LogP contribution in [-0.4, -0.2) is 40.1 Å². The van der Waals surface area contributed by atoms with Gasteiger partial charge in [0.05, 0.1) is 0 Å². The fraction of sp³-hybridized carbons (Fsp3) is 0.348. The topological polar surface area (TPSA) is 71.3 Å². The van der Waals surface area contributed by atoms with E-state index < -0.39 is 5.92 Å². The van der Waals surface area contributed by atoms with Crippen molar-refractivity contribution >= 4 is 5.91 Å². The largest absolute Gasteiger partial charge is 0.420 e. The normalized spacial score (nSPS) is 16.4. The molecule has 1 saturated heterocycles. The molecule has 0 aliphatic carbocycles. The zero-order valence-corrected chi connectivity index (χ0v) is 16.6. The highest BCUT2D eigenvalue weighted by molar-refractivity contribution is 5.82. The Balaban J connectivity index is 1.28. The third-order valence-corrected chi connectivity index (χ3v) is 5.41. The molecule has 1 atom stereocenters. The van der Waals surface area contributed by atoms with Gasteiger partial charge in [0.1, 0.15) is 5.92 Å². The Morgan fingerprint density at radius 1 is 1.07 bits per heavy atom. The number of benzene rings is 2. The number of piperidine rings is 1. The number of hydrogen-bond acceptors (Lipinski definition) is 5. The van der Waals surface area contributed by atoms with Gasteiger partial charge in [-0.25, -0.2) is 0 Å². The van der Waals surface area contributed by atoms with E-state index >= 15 is 0 Å². The van der Waals surface area contributed by atoms with Gasteiger partial charge in [-0.2, -0.15) is 0 Å². The van der Waals surface area contributed by atoms with Gasteiger partial charge in [-0.05, 0) is 37.5 Å². The molecule has 0 spiro atoms. The first kappa shape index (κ1) is 19.3. The maximum Gasteiger partial charge on any atom is 0.247 e. The molecule has 2 heterocycles. The summed E-state index contributed by atoms with van der Waals surface area (Å²) in [5, 5.41) is 11.3. The Labute approximate surface area is 170 Å². The van der Waals surface area contributed by atoms with Gasteiger partial charge in [0.25, 0.3) is 0 Å². The molecular weight excluding hydrogens is 364 g/mol. The maximum atomic E-state index is 12.7. The quantitative estimate of drug-likeness (QED) is 0.696. The van der Waals surface area contributed by atoms with Crippen LogP contribution in [0.1, 0.15) is 37.1 Å². The van der Waals surface area contributed by atoms with Gasteiger partial charge in [-0.15, -0.1) is 10.2 Å². The third kappa shape index (κ3) is 4.90. The number of amides is 1. The van der Waals surface area contributed by atoms with Crippen LogP contribution in [0.3, 0.4) is 0 Å². The predicted octanol–water partition coefficient (Wildman–Crippen LogP) is 3.62. The number of nitrogens with one attached hydrogen (secondary N) is 1. The summed E-state index contributed by atoms with van der Waals surface area (Å²) in [4.78, 5) is 15.1. The minimum absolute atomic E-state index is 0.0604. The van der Waals surface area contributed by atoms with Crippen molar-refractivity contribution in [2.24, 2.45) is 0 Å². The minimum atomic E-state index is -0.470. The molecule has 150 valence electrons. The van der Waals surface area contributed by atoms with E-state index in [1.54, 1.807) is 0 Å². The zero-order valence-electron chi connectivity index (χ0n) is 16.6. The molecule has 1 aliphatic heterocycles. The van der Waals surface area contributed by atoms with Crippen LogP contribution in [0.4, 0.5) is 0 Å². The molecule has 6 heteroatoms. The van der Waals surface area contributed by atoms with E-state index in [2.05, 4.69) is 44.7 Å². The Hall–Kier alpha value is -2.99. The molecule has 1 aromatic heterocycles. The molecule has 0 bridgehead atoms. The summed E-state index contributed by atoms with van der Waals surface area (Å²) in [7, 11) is 0. The molecule has 2 aromatic carbocycles. The second-order valence-corrected chi connectivity index (χ2v) is 7.58. The number of carbonyl (C=O) groups is 1. The second-order valence-electron chi connectivity index (χ2n) is 7.58. The SMILES string of the molecule is CC(C(=O)NC1CCN(Cc2ccccc2)CC1)c1nnc(-c2ccccc2)o1. The third-order valence-electron chi connectivity index (χ3n) is 5.41. The second kappa shape index (κ2) is 9.01. The van der Waals surface area contributed by atoms with E-state index in [-0.39, 0.29) is 11.9 Å². The van der Waals surface area contributed by atoms with Crippen molar-refractivity contribution in [1.82, 2.24) is 20.4 Å². The van der Waals surface area contributed by atoms with E-state index in [0.29, 0.717) is 11.8 Å². The van der Waals surface area contributed by atoms with Crippen LogP contribution in [0.15, 0.2) is 65.1 Å². The summed E-state index contributed by atoms with van der Waals surface area (Å²) in [5.41, 5.74) is 2.18. The van der Waals surface area contributed by atoms with Crippen LogP contribution >= 0.6 is 0 Å². The monoisotopic (exact) mass is 390 g/mol. The highest BCUT2D eigenvalue weighted by Crippen LogP contribution is 2.22. The molecule has 1 aliphatic rings. The number of aromatic nitrogens is 2. The molecule has 4 rings (SSSR count). The molecule has 29 heavy (non-hydrogen) atoms. The Morgan fingerprint density at radius 2 is 1.72 bits per heavy atom. The minimum Gasteiger partial charge on any atom is -0.420 e. The van der Waals surface area contributed by atoms with E-state index in [0.717, 1.165) is 38.0 Å². The number of rotatable bonds is 6. The van der Waals surface area contributed by atoms with Crippen molar-refractivity contribution in [2.75, 3.05) is 13.1 Å². The summed E-state index contributed by atoms with van der Waals surface area (Å²) in [5.74, 6) is 0.259. The molecule has 1 amide bonds.